The Kier molecular flexibility index (Phi) is 6.48. The Balaban J connectivity index is 2.50. The molecular formula is C21H26FNO2. The first-order valence-corrected chi connectivity index (χ1v) is 8.40. The molecule has 2 N–H and O–H groups in total. The Morgan fingerprint density at radius 2 is 1.84 bits per heavy atom. The summed E-state index contributed by atoms with van der Waals surface area (Å²) in [6, 6.07) is 11.4. The summed E-state index contributed by atoms with van der Waals surface area (Å²) in [7, 11) is 3.96. The summed E-state index contributed by atoms with van der Waals surface area (Å²) in [4.78, 5) is 2.05. The van der Waals surface area contributed by atoms with Crippen molar-refractivity contribution in [2.45, 2.75) is 25.0 Å². The van der Waals surface area contributed by atoms with Crippen LogP contribution in [-0.4, -0.2) is 35.8 Å². The van der Waals surface area contributed by atoms with E-state index < -0.39 is 5.60 Å². The maximum atomic E-state index is 13.3. The Morgan fingerprint density at radius 3 is 2.40 bits per heavy atom. The molecule has 0 saturated carbocycles. The Hall–Kier alpha value is -2.01. The van der Waals surface area contributed by atoms with Gasteiger partial charge in [0.15, 0.2) is 0 Å². The fourth-order valence-corrected chi connectivity index (χ4v) is 3.09. The van der Waals surface area contributed by atoms with Crippen molar-refractivity contribution in [3.05, 3.63) is 77.1 Å². The molecule has 1 unspecified atom stereocenters. The van der Waals surface area contributed by atoms with E-state index in [2.05, 4.69) is 11.5 Å². The van der Waals surface area contributed by atoms with Crippen LogP contribution in [0.15, 0.2) is 49.0 Å². The van der Waals surface area contributed by atoms with E-state index in [1.807, 2.05) is 32.3 Å². The monoisotopic (exact) mass is 343 g/mol. The molecule has 0 aliphatic carbocycles. The molecular weight excluding hydrogens is 317 g/mol. The minimum absolute atomic E-state index is 0.186. The van der Waals surface area contributed by atoms with Crippen molar-refractivity contribution in [3.63, 3.8) is 0 Å². The number of halogens is 1. The molecule has 0 bridgehead atoms. The van der Waals surface area contributed by atoms with E-state index in [-0.39, 0.29) is 12.4 Å². The van der Waals surface area contributed by atoms with Crippen LogP contribution in [0.1, 0.15) is 35.1 Å². The molecule has 0 amide bonds. The fraction of sp³-hybridized carbons (Fsp3) is 0.333. The van der Waals surface area contributed by atoms with Gasteiger partial charge in [0.2, 0.25) is 0 Å². The van der Waals surface area contributed by atoms with E-state index in [1.54, 1.807) is 18.2 Å². The number of aliphatic hydroxyl groups excluding tert-OH is 1. The Labute approximate surface area is 149 Å². The zero-order valence-electron chi connectivity index (χ0n) is 14.9. The van der Waals surface area contributed by atoms with Crippen molar-refractivity contribution in [3.8, 4) is 0 Å². The number of hydrogen-bond donors (Lipinski definition) is 2. The average molecular weight is 343 g/mol. The van der Waals surface area contributed by atoms with Crippen molar-refractivity contribution >= 4 is 6.08 Å². The molecule has 0 saturated heterocycles. The topological polar surface area (TPSA) is 43.7 Å². The minimum Gasteiger partial charge on any atom is -0.392 e. The number of aliphatic hydroxyl groups is 2. The maximum Gasteiger partial charge on any atom is 0.123 e. The fourth-order valence-electron chi connectivity index (χ4n) is 3.09. The molecule has 134 valence electrons. The van der Waals surface area contributed by atoms with Crippen LogP contribution in [-0.2, 0) is 12.2 Å². The van der Waals surface area contributed by atoms with E-state index >= 15 is 0 Å². The van der Waals surface area contributed by atoms with Gasteiger partial charge in [0, 0.05) is 0 Å². The molecule has 0 aliphatic heterocycles. The van der Waals surface area contributed by atoms with Crippen LogP contribution < -0.4 is 0 Å². The smallest absolute Gasteiger partial charge is 0.123 e. The largest absolute Gasteiger partial charge is 0.392 e. The van der Waals surface area contributed by atoms with Crippen LogP contribution in [0.25, 0.3) is 6.08 Å². The lowest BCUT2D eigenvalue weighted by molar-refractivity contribution is 0.0641. The van der Waals surface area contributed by atoms with E-state index in [4.69, 9.17) is 0 Å². The highest BCUT2D eigenvalue weighted by Crippen LogP contribution is 2.37. The van der Waals surface area contributed by atoms with Crippen LogP contribution in [0.5, 0.6) is 0 Å². The normalized spacial score (nSPS) is 13.7. The lowest BCUT2D eigenvalue weighted by Gasteiger charge is -2.32. The lowest BCUT2D eigenvalue weighted by Crippen LogP contribution is -2.30. The van der Waals surface area contributed by atoms with Gasteiger partial charge in [-0.15, -0.1) is 0 Å². The maximum absolute atomic E-state index is 13.3. The second kappa shape index (κ2) is 8.39. The third-order valence-corrected chi connectivity index (χ3v) is 4.45. The third-order valence-electron chi connectivity index (χ3n) is 4.45. The van der Waals surface area contributed by atoms with Crippen LogP contribution in [0.3, 0.4) is 0 Å². The highest BCUT2D eigenvalue weighted by atomic mass is 19.1. The van der Waals surface area contributed by atoms with Gasteiger partial charge >= 0.3 is 0 Å². The highest BCUT2D eigenvalue weighted by Gasteiger charge is 2.33. The second-order valence-corrected chi connectivity index (χ2v) is 6.55. The molecule has 0 fully saturated rings. The summed E-state index contributed by atoms with van der Waals surface area (Å²) in [5, 5.41) is 21.3. The molecule has 25 heavy (non-hydrogen) atoms. The van der Waals surface area contributed by atoms with E-state index in [0.717, 1.165) is 18.5 Å². The van der Waals surface area contributed by atoms with Crippen molar-refractivity contribution < 1.29 is 14.6 Å². The van der Waals surface area contributed by atoms with Crippen LogP contribution in [0.4, 0.5) is 4.39 Å². The van der Waals surface area contributed by atoms with Crippen LogP contribution >= 0.6 is 0 Å². The number of rotatable bonds is 8. The Morgan fingerprint density at radius 1 is 1.16 bits per heavy atom. The number of benzene rings is 2. The molecule has 3 nitrogen and oxygen atoms in total. The summed E-state index contributed by atoms with van der Waals surface area (Å²) < 4.78 is 13.3. The summed E-state index contributed by atoms with van der Waals surface area (Å²) >= 11 is 0. The molecule has 0 spiro atoms. The van der Waals surface area contributed by atoms with Crippen LogP contribution in [0.2, 0.25) is 0 Å². The van der Waals surface area contributed by atoms with Gasteiger partial charge in [-0.2, -0.15) is 0 Å². The average Bonchev–Trinajstić information content (AvgIpc) is 2.61. The van der Waals surface area contributed by atoms with Crippen molar-refractivity contribution in [1.29, 1.82) is 0 Å². The molecule has 4 heteroatoms. The quantitative estimate of drug-likeness (QED) is 0.770. The molecule has 2 aromatic carbocycles. The summed E-state index contributed by atoms with van der Waals surface area (Å²) in [6.45, 7) is 4.38. The number of nitrogens with zero attached hydrogens (tertiary/aromatic N) is 1. The molecule has 1 atom stereocenters. The molecule has 0 aromatic heterocycles. The van der Waals surface area contributed by atoms with Gasteiger partial charge in [-0.05, 0) is 73.9 Å². The zero-order valence-corrected chi connectivity index (χ0v) is 14.9. The minimum atomic E-state index is -1.29. The number of hydrogen-bond acceptors (Lipinski definition) is 3. The second-order valence-electron chi connectivity index (χ2n) is 6.55. The van der Waals surface area contributed by atoms with Gasteiger partial charge in [-0.1, -0.05) is 36.9 Å². The SMILES string of the molecule is C=Cc1ccc(C(O)(CCCN(C)C)c2ccc(F)cc2)c(CO)c1. The predicted octanol–water partition coefficient (Wildman–Crippen LogP) is 3.54. The van der Waals surface area contributed by atoms with E-state index in [0.29, 0.717) is 23.1 Å². The van der Waals surface area contributed by atoms with Crippen molar-refractivity contribution in [2.24, 2.45) is 0 Å². The van der Waals surface area contributed by atoms with Gasteiger partial charge in [-0.3, -0.25) is 0 Å². The first-order chi connectivity index (χ1) is 11.9. The predicted molar refractivity (Wildman–Crippen MR) is 99.6 cm³/mol. The molecule has 2 rings (SSSR count). The molecule has 0 radical (unpaired) electrons. The van der Waals surface area contributed by atoms with Crippen molar-refractivity contribution in [1.82, 2.24) is 4.90 Å². The van der Waals surface area contributed by atoms with Crippen molar-refractivity contribution in [2.75, 3.05) is 20.6 Å². The lowest BCUT2D eigenvalue weighted by atomic mass is 9.80. The van der Waals surface area contributed by atoms with E-state index in [9.17, 15) is 14.6 Å². The van der Waals surface area contributed by atoms with Gasteiger partial charge in [0.05, 0.1) is 6.61 Å². The summed E-state index contributed by atoms with van der Waals surface area (Å²) in [6.07, 6.45) is 2.93. The van der Waals surface area contributed by atoms with Gasteiger partial charge in [0.25, 0.3) is 0 Å². The third kappa shape index (κ3) is 4.54. The van der Waals surface area contributed by atoms with Gasteiger partial charge in [-0.25, -0.2) is 4.39 Å². The standard InChI is InChI=1S/C21H26FNO2/c1-4-16-6-11-20(17(14-16)15-24)21(25,12-5-13-23(2)3)18-7-9-19(22)10-8-18/h4,6-11,14,24-25H,1,5,12-13,15H2,2-3H3. The van der Waals surface area contributed by atoms with Gasteiger partial charge < -0.3 is 15.1 Å². The first kappa shape index (κ1) is 19.3. The molecule has 0 aliphatic rings. The highest BCUT2D eigenvalue weighted by molar-refractivity contribution is 5.52. The zero-order chi connectivity index (χ0) is 18.4. The van der Waals surface area contributed by atoms with Gasteiger partial charge in [0.1, 0.15) is 11.4 Å². The molecule has 2 aromatic rings. The summed E-state index contributed by atoms with van der Waals surface area (Å²) in [5.74, 6) is -0.344. The Bertz CT molecular complexity index is 712. The van der Waals surface area contributed by atoms with E-state index in [1.165, 1.54) is 12.1 Å². The first-order valence-electron chi connectivity index (χ1n) is 8.40. The van der Waals surface area contributed by atoms with Crippen LogP contribution in [0, 0.1) is 5.82 Å². The summed E-state index contributed by atoms with van der Waals surface area (Å²) in [5.41, 5.74) is 1.50. The molecule has 0 heterocycles.